The lowest BCUT2D eigenvalue weighted by atomic mass is 10.1. The van der Waals surface area contributed by atoms with Crippen LogP contribution in [0.3, 0.4) is 0 Å². The lowest BCUT2D eigenvalue weighted by Crippen LogP contribution is -2.24. The van der Waals surface area contributed by atoms with Crippen molar-refractivity contribution in [3.8, 4) is 11.5 Å². The molecular weight excluding hydrogens is 464 g/mol. The number of fused-ring (bicyclic) bond motifs is 2. The van der Waals surface area contributed by atoms with Crippen LogP contribution in [0.15, 0.2) is 79.4 Å². The third-order valence-electron chi connectivity index (χ3n) is 6.86. The molecular formula is C29H26N6O2. The number of anilines is 3. The van der Waals surface area contributed by atoms with Gasteiger partial charge >= 0.3 is 0 Å². The molecule has 0 aliphatic carbocycles. The Morgan fingerprint density at radius 1 is 1.03 bits per heavy atom. The Hall–Kier alpha value is -4.72. The molecule has 8 nitrogen and oxygen atoms in total. The molecule has 1 atom stereocenters. The van der Waals surface area contributed by atoms with Gasteiger partial charge in [-0.25, -0.2) is 15.0 Å². The van der Waals surface area contributed by atoms with Crippen LogP contribution in [0.2, 0.25) is 0 Å². The molecule has 0 spiro atoms. The molecule has 184 valence electrons. The van der Waals surface area contributed by atoms with Crippen molar-refractivity contribution in [1.29, 1.82) is 0 Å². The zero-order chi connectivity index (χ0) is 25.7. The summed E-state index contributed by atoms with van der Waals surface area (Å²) in [6.07, 6.45) is 3.33. The van der Waals surface area contributed by atoms with Gasteiger partial charge < -0.3 is 19.5 Å². The topological polar surface area (TPSA) is 85.2 Å². The van der Waals surface area contributed by atoms with Crippen molar-refractivity contribution in [2.24, 2.45) is 13.0 Å². The summed E-state index contributed by atoms with van der Waals surface area (Å²) in [4.78, 5) is 27.7. The number of carbonyl (C=O) groups excluding carboxylic acids is 1. The molecule has 5 aromatic rings. The Kier molecular flexibility index (Phi) is 5.37. The van der Waals surface area contributed by atoms with Gasteiger partial charge in [-0.1, -0.05) is 13.5 Å². The van der Waals surface area contributed by atoms with E-state index in [2.05, 4.69) is 26.8 Å². The number of amides is 1. The highest BCUT2D eigenvalue weighted by Crippen LogP contribution is 2.34. The highest BCUT2D eigenvalue weighted by atomic mass is 16.5. The van der Waals surface area contributed by atoms with Crippen LogP contribution < -0.4 is 15.0 Å². The van der Waals surface area contributed by atoms with E-state index in [4.69, 9.17) is 4.74 Å². The smallest absolute Gasteiger partial charge is 0.253 e. The molecule has 3 aromatic carbocycles. The first kappa shape index (κ1) is 22.7. The summed E-state index contributed by atoms with van der Waals surface area (Å²) >= 11 is 0. The fourth-order valence-corrected chi connectivity index (χ4v) is 4.67. The zero-order valence-electron chi connectivity index (χ0n) is 20.9. The number of rotatable bonds is 5. The fourth-order valence-electron chi connectivity index (χ4n) is 4.67. The highest BCUT2D eigenvalue weighted by Gasteiger charge is 2.31. The van der Waals surface area contributed by atoms with Gasteiger partial charge in [0, 0.05) is 47.9 Å². The van der Waals surface area contributed by atoms with Gasteiger partial charge in [0.25, 0.3) is 5.91 Å². The number of hydrogen-bond donors (Lipinski definition) is 1. The quantitative estimate of drug-likeness (QED) is 0.309. The van der Waals surface area contributed by atoms with Gasteiger partial charge in [0.05, 0.1) is 22.9 Å². The second-order valence-electron chi connectivity index (χ2n) is 9.48. The maximum absolute atomic E-state index is 12.7. The number of imidazole rings is 1. The summed E-state index contributed by atoms with van der Waals surface area (Å²) in [7, 11) is 1.97. The molecule has 0 radical (unpaired) electrons. The van der Waals surface area contributed by atoms with E-state index in [9.17, 15) is 4.79 Å². The summed E-state index contributed by atoms with van der Waals surface area (Å²) in [5.74, 6) is 2.25. The molecule has 0 unspecified atom stereocenters. The average molecular weight is 491 g/mol. The van der Waals surface area contributed by atoms with Gasteiger partial charge in [-0.05, 0) is 61.0 Å². The molecule has 37 heavy (non-hydrogen) atoms. The summed E-state index contributed by atoms with van der Waals surface area (Å²) in [5.41, 5.74) is 6.03. The molecule has 0 bridgehead atoms. The van der Waals surface area contributed by atoms with E-state index < -0.39 is 0 Å². The molecule has 0 saturated carbocycles. The van der Waals surface area contributed by atoms with Crippen molar-refractivity contribution < 1.29 is 9.53 Å². The molecule has 1 amide bonds. The highest BCUT2D eigenvalue weighted by molar-refractivity contribution is 6.09. The first-order valence-electron chi connectivity index (χ1n) is 12.1. The normalized spacial score (nSPS) is 15.6. The molecule has 2 aromatic heterocycles. The first-order chi connectivity index (χ1) is 17.9. The lowest BCUT2D eigenvalue weighted by molar-refractivity contribution is -0.114. The van der Waals surface area contributed by atoms with Crippen molar-refractivity contribution >= 4 is 45.0 Å². The molecule has 3 heterocycles. The molecule has 1 saturated heterocycles. The lowest BCUT2D eigenvalue weighted by Gasteiger charge is -2.17. The largest absolute Gasteiger partial charge is 0.457 e. The van der Waals surface area contributed by atoms with E-state index in [1.165, 1.54) is 6.33 Å². The van der Waals surface area contributed by atoms with Gasteiger partial charge in [-0.3, -0.25) is 4.79 Å². The van der Waals surface area contributed by atoms with Crippen LogP contribution in [-0.2, 0) is 11.8 Å². The second kappa shape index (κ2) is 8.74. The minimum atomic E-state index is -0.0355. The molecule has 1 aliphatic heterocycles. The van der Waals surface area contributed by atoms with Crippen molar-refractivity contribution in [2.45, 2.75) is 13.8 Å². The summed E-state index contributed by atoms with van der Waals surface area (Å²) in [6, 6.07) is 17.6. The van der Waals surface area contributed by atoms with E-state index >= 15 is 0 Å². The van der Waals surface area contributed by atoms with E-state index in [1.54, 1.807) is 11.2 Å². The first-order valence-corrected chi connectivity index (χ1v) is 12.1. The van der Waals surface area contributed by atoms with Crippen molar-refractivity contribution in [1.82, 2.24) is 19.5 Å². The van der Waals surface area contributed by atoms with E-state index in [0.29, 0.717) is 17.9 Å². The number of hydrogen-bond acceptors (Lipinski definition) is 6. The third kappa shape index (κ3) is 4.06. The Balaban J connectivity index is 1.26. The Bertz CT molecular complexity index is 1710. The third-order valence-corrected chi connectivity index (χ3v) is 6.86. The SMILES string of the molecule is C=C1C(=O)N(c2ccc3ncnc(Nc4ccc(Oc5ccc6c(c5)ncn6C)c(C)c4)c3c2)C[C@H]1C. The van der Waals surface area contributed by atoms with Crippen molar-refractivity contribution in [3.05, 3.63) is 85.0 Å². The van der Waals surface area contributed by atoms with Gasteiger partial charge in [-0.2, -0.15) is 0 Å². The van der Waals surface area contributed by atoms with E-state index in [0.717, 1.165) is 50.4 Å². The zero-order valence-corrected chi connectivity index (χ0v) is 20.9. The predicted molar refractivity (Wildman–Crippen MR) is 145 cm³/mol. The molecule has 8 heteroatoms. The Labute approximate surface area is 214 Å². The number of nitrogens with one attached hydrogen (secondary N) is 1. The standard InChI is InChI=1S/C29H26N6O2/c1-17-11-20(5-10-27(17)37-22-7-9-26-25(13-22)32-16-34(26)4)33-28-23-12-21(6-8-24(23)30-15-31-28)35-14-18(2)19(3)29(35)36/h5-13,15-16,18H,3,14H2,1-2,4H3,(H,30,31,33)/t18-/m1/s1. The van der Waals surface area contributed by atoms with E-state index in [1.807, 2.05) is 80.1 Å². The van der Waals surface area contributed by atoms with Gasteiger partial charge in [0.2, 0.25) is 0 Å². The van der Waals surface area contributed by atoms with Crippen LogP contribution in [-0.4, -0.2) is 32.0 Å². The summed E-state index contributed by atoms with van der Waals surface area (Å²) < 4.78 is 8.13. The van der Waals surface area contributed by atoms with Crippen LogP contribution in [0, 0.1) is 12.8 Å². The average Bonchev–Trinajstić information content (AvgIpc) is 3.39. The summed E-state index contributed by atoms with van der Waals surface area (Å²) in [6.45, 7) is 8.58. The Morgan fingerprint density at radius 3 is 2.68 bits per heavy atom. The fraction of sp³-hybridized carbons (Fsp3) is 0.172. The van der Waals surface area contributed by atoms with Gasteiger partial charge in [0.1, 0.15) is 23.6 Å². The number of aryl methyl sites for hydroxylation is 2. The Morgan fingerprint density at radius 2 is 1.89 bits per heavy atom. The minimum absolute atomic E-state index is 0.0355. The molecule has 1 N–H and O–H groups in total. The monoisotopic (exact) mass is 490 g/mol. The maximum Gasteiger partial charge on any atom is 0.253 e. The number of carbonyl (C=O) groups is 1. The number of aromatic nitrogens is 4. The number of benzene rings is 3. The predicted octanol–water partition coefficient (Wildman–Crippen LogP) is 5.90. The summed E-state index contributed by atoms with van der Waals surface area (Å²) in [5, 5.41) is 4.24. The van der Waals surface area contributed by atoms with Crippen LogP contribution in [0.1, 0.15) is 12.5 Å². The molecule has 6 rings (SSSR count). The van der Waals surface area contributed by atoms with Gasteiger partial charge in [-0.15, -0.1) is 0 Å². The van der Waals surface area contributed by atoms with Crippen molar-refractivity contribution in [2.75, 3.05) is 16.8 Å². The minimum Gasteiger partial charge on any atom is -0.457 e. The number of nitrogens with zero attached hydrogens (tertiary/aromatic N) is 5. The van der Waals surface area contributed by atoms with Crippen LogP contribution in [0.4, 0.5) is 17.2 Å². The number of ether oxygens (including phenoxy) is 1. The van der Waals surface area contributed by atoms with Crippen LogP contribution in [0.25, 0.3) is 21.9 Å². The van der Waals surface area contributed by atoms with Crippen LogP contribution in [0.5, 0.6) is 11.5 Å². The molecule has 1 fully saturated rings. The van der Waals surface area contributed by atoms with Crippen molar-refractivity contribution in [3.63, 3.8) is 0 Å². The second-order valence-corrected chi connectivity index (χ2v) is 9.48. The maximum atomic E-state index is 12.7. The van der Waals surface area contributed by atoms with Gasteiger partial charge in [0.15, 0.2) is 0 Å². The van der Waals surface area contributed by atoms with Crippen LogP contribution >= 0.6 is 0 Å². The van der Waals surface area contributed by atoms with E-state index in [-0.39, 0.29) is 11.8 Å². The molecule has 1 aliphatic rings.